The number of hydrogen-bond acceptors (Lipinski definition) is 3. The second-order valence-electron chi connectivity index (χ2n) is 16.0. The molecule has 12 rings (SSSR count). The molecule has 62 heavy (non-hydrogen) atoms. The third kappa shape index (κ3) is 5.32. The van der Waals surface area contributed by atoms with Gasteiger partial charge in [-0.3, -0.25) is 0 Å². The minimum Gasteiger partial charge on any atom is -0.456 e. The van der Waals surface area contributed by atoms with E-state index >= 15 is 0 Å². The molecule has 0 saturated heterocycles. The Hall–Kier alpha value is -8.14. The Labute approximate surface area is 359 Å². The Balaban J connectivity index is 1.18. The number of allylic oxidation sites excluding steroid dienone is 5. The summed E-state index contributed by atoms with van der Waals surface area (Å²) in [6.45, 7) is 3.93. The number of para-hydroxylation sites is 2. The first-order chi connectivity index (χ1) is 30.7. The van der Waals surface area contributed by atoms with Crippen LogP contribution < -0.4 is 4.90 Å². The fraction of sp³-hybridized carbons (Fsp3) is 0.0169. The summed E-state index contributed by atoms with van der Waals surface area (Å²) in [5.74, 6) is 0. The quantitative estimate of drug-likeness (QED) is 0.144. The molecule has 0 fully saturated rings. The number of nitrogens with zero attached hydrogens (tertiary/aromatic N) is 1. The molecule has 1 unspecified atom stereocenters. The summed E-state index contributed by atoms with van der Waals surface area (Å²) in [5.41, 5.74) is 14.2. The van der Waals surface area contributed by atoms with Gasteiger partial charge in [-0.15, -0.1) is 0 Å². The van der Waals surface area contributed by atoms with Crippen LogP contribution in [0.4, 0.5) is 17.1 Å². The third-order valence-corrected chi connectivity index (χ3v) is 12.7. The van der Waals surface area contributed by atoms with E-state index in [1.165, 1.54) is 33.2 Å². The van der Waals surface area contributed by atoms with E-state index in [0.717, 1.165) is 77.5 Å². The average molecular weight is 794 g/mol. The molecule has 0 N–H and O–H groups in total. The van der Waals surface area contributed by atoms with Crippen LogP contribution >= 0.6 is 0 Å². The highest BCUT2D eigenvalue weighted by Gasteiger charge is 2.43. The smallest absolute Gasteiger partial charge is 0.145 e. The zero-order valence-electron chi connectivity index (χ0n) is 33.8. The highest BCUT2D eigenvalue weighted by atomic mass is 16.3. The standard InChI is InChI=1S/C59H39NO2/c1-2-3-4-17-37-59(40-21-7-5-8-22-40)49-29-15-13-26-44(49)45-32-31-42(38-50(45)59)60(41-23-9-6-10-24-41)51-34-33-48-57-54(36-35-53-56(57)47-27-14-16-30-52(47)61-53)62-58(48)55(51)46-28-18-20-39-19-11-12-25-43(39)46/h2-38H,1H2/b4-3-,37-17+. The molecule has 1 atom stereocenters. The lowest BCUT2D eigenvalue weighted by Crippen LogP contribution is -2.24. The van der Waals surface area contributed by atoms with E-state index in [-0.39, 0.29) is 0 Å². The Bertz CT molecular complexity index is 3600. The van der Waals surface area contributed by atoms with Gasteiger partial charge in [0.2, 0.25) is 0 Å². The first-order valence-corrected chi connectivity index (χ1v) is 21.1. The monoisotopic (exact) mass is 793 g/mol. The second kappa shape index (κ2) is 14.3. The van der Waals surface area contributed by atoms with Gasteiger partial charge in [0.05, 0.1) is 11.1 Å². The fourth-order valence-corrected chi connectivity index (χ4v) is 10.1. The molecule has 0 spiro atoms. The molecule has 0 aliphatic heterocycles. The van der Waals surface area contributed by atoms with Crippen LogP contribution in [0, 0.1) is 0 Å². The van der Waals surface area contributed by atoms with Crippen LogP contribution in [0.5, 0.6) is 0 Å². The molecule has 3 heteroatoms. The van der Waals surface area contributed by atoms with Crippen LogP contribution in [0.2, 0.25) is 0 Å². The van der Waals surface area contributed by atoms with Gasteiger partial charge in [0.15, 0.2) is 0 Å². The molecule has 0 saturated carbocycles. The summed E-state index contributed by atoms with van der Waals surface area (Å²) in [6.07, 6.45) is 10.4. The third-order valence-electron chi connectivity index (χ3n) is 12.7. The SMILES string of the molecule is C=C/C=C\C=C\C1(c2ccccc2)c2ccccc2-c2ccc(N(c3ccccc3)c3ccc4c(oc5ccc6oc7ccccc7c6c54)c3-c3cccc4ccccc34)cc21. The number of anilines is 3. The van der Waals surface area contributed by atoms with Gasteiger partial charge >= 0.3 is 0 Å². The normalized spacial score (nSPS) is 14.8. The first-order valence-electron chi connectivity index (χ1n) is 21.1. The minimum absolute atomic E-state index is 0.559. The van der Waals surface area contributed by atoms with Crippen molar-refractivity contribution in [2.45, 2.75) is 5.41 Å². The molecule has 2 heterocycles. The van der Waals surface area contributed by atoms with E-state index in [1.807, 2.05) is 30.4 Å². The molecule has 292 valence electrons. The van der Waals surface area contributed by atoms with Crippen molar-refractivity contribution in [2.24, 2.45) is 0 Å². The lowest BCUT2D eigenvalue weighted by Gasteiger charge is -2.32. The van der Waals surface area contributed by atoms with Crippen molar-refractivity contribution < 1.29 is 8.83 Å². The van der Waals surface area contributed by atoms with Gasteiger partial charge in [0, 0.05) is 38.5 Å². The average Bonchev–Trinajstić information content (AvgIpc) is 3.99. The summed E-state index contributed by atoms with van der Waals surface area (Å²) in [4.78, 5) is 2.41. The molecule has 1 aliphatic rings. The van der Waals surface area contributed by atoms with Crippen molar-refractivity contribution in [2.75, 3.05) is 4.90 Å². The largest absolute Gasteiger partial charge is 0.456 e. The molecule has 11 aromatic rings. The molecular formula is C59H39NO2. The van der Waals surface area contributed by atoms with Gasteiger partial charge in [-0.05, 0) is 98.8 Å². The number of fused-ring (bicyclic) bond motifs is 11. The number of benzene rings is 9. The molecule has 3 nitrogen and oxygen atoms in total. The van der Waals surface area contributed by atoms with Gasteiger partial charge in [-0.2, -0.15) is 0 Å². The number of rotatable bonds is 8. The van der Waals surface area contributed by atoms with E-state index < -0.39 is 5.41 Å². The fourth-order valence-electron chi connectivity index (χ4n) is 10.1. The minimum atomic E-state index is -0.559. The van der Waals surface area contributed by atoms with Gasteiger partial charge in [0.25, 0.3) is 0 Å². The Morgan fingerprint density at radius 3 is 1.98 bits per heavy atom. The van der Waals surface area contributed by atoms with E-state index in [1.54, 1.807) is 0 Å². The van der Waals surface area contributed by atoms with E-state index in [9.17, 15) is 0 Å². The van der Waals surface area contributed by atoms with Crippen LogP contribution in [0.15, 0.2) is 240 Å². The van der Waals surface area contributed by atoms with E-state index in [2.05, 4.69) is 206 Å². The Morgan fingerprint density at radius 2 is 1.13 bits per heavy atom. The zero-order valence-corrected chi connectivity index (χ0v) is 33.8. The zero-order chi connectivity index (χ0) is 41.2. The topological polar surface area (TPSA) is 29.5 Å². The van der Waals surface area contributed by atoms with Gasteiger partial charge < -0.3 is 13.7 Å². The molecule has 0 amide bonds. The summed E-state index contributed by atoms with van der Waals surface area (Å²) in [7, 11) is 0. The van der Waals surface area contributed by atoms with Crippen LogP contribution in [0.1, 0.15) is 16.7 Å². The van der Waals surface area contributed by atoms with Crippen LogP contribution in [0.3, 0.4) is 0 Å². The van der Waals surface area contributed by atoms with Gasteiger partial charge in [0.1, 0.15) is 22.3 Å². The van der Waals surface area contributed by atoms with Crippen LogP contribution in [-0.4, -0.2) is 0 Å². The molecule has 0 bridgehead atoms. The highest BCUT2D eigenvalue weighted by Crippen LogP contribution is 2.56. The lowest BCUT2D eigenvalue weighted by atomic mass is 9.72. The number of hydrogen-bond donors (Lipinski definition) is 0. The predicted octanol–water partition coefficient (Wildman–Crippen LogP) is 16.4. The van der Waals surface area contributed by atoms with Crippen molar-refractivity contribution in [3.05, 3.63) is 248 Å². The maximum atomic E-state index is 7.16. The van der Waals surface area contributed by atoms with Crippen molar-refractivity contribution in [3.8, 4) is 22.3 Å². The van der Waals surface area contributed by atoms with Gasteiger partial charge in [-0.1, -0.05) is 176 Å². The van der Waals surface area contributed by atoms with Crippen LogP contribution in [-0.2, 0) is 5.41 Å². The van der Waals surface area contributed by atoms with Crippen molar-refractivity contribution in [3.63, 3.8) is 0 Å². The maximum Gasteiger partial charge on any atom is 0.145 e. The highest BCUT2D eigenvalue weighted by molar-refractivity contribution is 6.28. The summed E-state index contributed by atoms with van der Waals surface area (Å²) >= 11 is 0. The summed E-state index contributed by atoms with van der Waals surface area (Å²) in [6, 6.07) is 69.6. The molecule has 9 aromatic carbocycles. The second-order valence-corrected chi connectivity index (χ2v) is 16.0. The Morgan fingerprint density at radius 1 is 0.452 bits per heavy atom. The molecular weight excluding hydrogens is 755 g/mol. The van der Waals surface area contributed by atoms with E-state index in [0.29, 0.717) is 0 Å². The lowest BCUT2D eigenvalue weighted by molar-refractivity contribution is 0.663. The van der Waals surface area contributed by atoms with Crippen molar-refractivity contribution in [1.82, 2.24) is 0 Å². The summed E-state index contributed by atoms with van der Waals surface area (Å²) in [5, 5.41) is 6.57. The first kappa shape index (κ1) is 35.8. The molecule has 2 aromatic heterocycles. The van der Waals surface area contributed by atoms with Crippen LogP contribution in [0.25, 0.3) is 76.9 Å². The molecule has 0 radical (unpaired) electrons. The van der Waals surface area contributed by atoms with Gasteiger partial charge in [-0.25, -0.2) is 0 Å². The number of furan rings is 2. The van der Waals surface area contributed by atoms with Crippen molar-refractivity contribution in [1.29, 1.82) is 0 Å². The van der Waals surface area contributed by atoms with E-state index in [4.69, 9.17) is 8.83 Å². The Kier molecular flexibility index (Phi) is 8.23. The molecule has 1 aliphatic carbocycles. The van der Waals surface area contributed by atoms with Crippen molar-refractivity contribution >= 4 is 71.7 Å². The predicted molar refractivity (Wildman–Crippen MR) is 259 cm³/mol. The summed E-state index contributed by atoms with van der Waals surface area (Å²) < 4.78 is 13.6. The maximum absolute atomic E-state index is 7.16.